The number of nitrogens with zero attached hydrogens (tertiary/aromatic N) is 4. The third-order valence-electron chi connectivity index (χ3n) is 7.84. The summed E-state index contributed by atoms with van der Waals surface area (Å²) in [5, 5.41) is 4.95. The van der Waals surface area contributed by atoms with Crippen LogP contribution in [-0.2, 0) is 14.3 Å². The highest BCUT2D eigenvalue weighted by Crippen LogP contribution is 2.32. The predicted octanol–water partition coefficient (Wildman–Crippen LogP) is 5.28. The summed E-state index contributed by atoms with van der Waals surface area (Å²) in [6.07, 6.45) is 4.63. The Balaban J connectivity index is 1.52. The van der Waals surface area contributed by atoms with E-state index in [1.165, 1.54) is 29.9 Å². The number of methoxy groups -OCH3 is 1. The fourth-order valence-electron chi connectivity index (χ4n) is 5.63. The van der Waals surface area contributed by atoms with Gasteiger partial charge in [0.05, 0.1) is 41.2 Å². The van der Waals surface area contributed by atoms with Crippen molar-refractivity contribution in [2.24, 2.45) is 4.99 Å². The number of aromatic nitrogens is 3. The summed E-state index contributed by atoms with van der Waals surface area (Å²) >= 11 is 1.23. The summed E-state index contributed by atoms with van der Waals surface area (Å²) in [5.74, 6) is 0.123. The molecule has 0 fully saturated rings. The molecule has 10 nitrogen and oxygen atoms in total. The van der Waals surface area contributed by atoms with Crippen molar-refractivity contribution in [2.75, 3.05) is 13.7 Å². The molecule has 0 spiro atoms. The van der Waals surface area contributed by atoms with Crippen LogP contribution in [0.3, 0.4) is 0 Å². The lowest BCUT2D eigenvalue weighted by Gasteiger charge is -2.24. The standard InChI is InChI=1S/C37H34N4O6S/c1-6-18-46-30-17-14-26(19-22(30)2)33-27(21-40(39-33)28-10-8-7-9-11-28)20-31-35(43)41-34(25-12-15-29(16-13-25)47-24(4)42)32(36(44)45-5)23(3)38-37(41)48-31/h7-17,19-21,34H,6,18H2,1-5H3/b31-20-. The Kier molecular flexibility index (Phi) is 9.22. The van der Waals surface area contributed by atoms with Crippen molar-refractivity contribution in [3.8, 4) is 28.4 Å². The van der Waals surface area contributed by atoms with Gasteiger partial charge in [0.25, 0.3) is 5.56 Å². The van der Waals surface area contributed by atoms with E-state index < -0.39 is 18.0 Å². The molecule has 2 aromatic heterocycles. The van der Waals surface area contributed by atoms with Gasteiger partial charge in [-0.05, 0) is 79.9 Å². The molecule has 6 rings (SSSR count). The molecule has 5 aromatic rings. The molecule has 3 aromatic carbocycles. The van der Waals surface area contributed by atoms with E-state index in [1.807, 2.05) is 67.7 Å². The van der Waals surface area contributed by atoms with Crippen molar-refractivity contribution in [1.29, 1.82) is 0 Å². The molecule has 0 amide bonds. The van der Waals surface area contributed by atoms with Gasteiger partial charge in [-0.2, -0.15) is 5.10 Å². The third kappa shape index (κ3) is 6.37. The number of carbonyl (C=O) groups excluding carboxylic acids is 2. The van der Waals surface area contributed by atoms with Crippen LogP contribution < -0.4 is 24.4 Å². The lowest BCUT2D eigenvalue weighted by atomic mass is 9.96. The topological polar surface area (TPSA) is 114 Å². The van der Waals surface area contributed by atoms with Crippen LogP contribution in [0.5, 0.6) is 11.5 Å². The number of aryl methyl sites for hydroxylation is 1. The molecule has 1 aliphatic heterocycles. The van der Waals surface area contributed by atoms with E-state index in [0.717, 1.165) is 34.5 Å². The summed E-state index contributed by atoms with van der Waals surface area (Å²) in [5.41, 5.74) is 5.15. The molecule has 1 atom stereocenters. The van der Waals surface area contributed by atoms with Gasteiger partial charge < -0.3 is 14.2 Å². The van der Waals surface area contributed by atoms with E-state index in [1.54, 1.807) is 35.9 Å². The number of thiazole rings is 1. The number of esters is 2. The van der Waals surface area contributed by atoms with Gasteiger partial charge >= 0.3 is 11.9 Å². The van der Waals surface area contributed by atoms with E-state index >= 15 is 0 Å². The van der Waals surface area contributed by atoms with Gasteiger partial charge in [-0.1, -0.05) is 48.6 Å². The lowest BCUT2D eigenvalue weighted by molar-refractivity contribution is -0.136. The molecule has 0 saturated carbocycles. The third-order valence-corrected chi connectivity index (χ3v) is 8.83. The van der Waals surface area contributed by atoms with E-state index in [9.17, 15) is 14.4 Å². The largest absolute Gasteiger partial charge is 0.493 e. The number of rotatable bonds is 9. The number of para-hydroxylation sites is 1. The van der Waals surface area contributed by atoms with E-state index in [4.69, 9.17) is 19.3 Å². The quantitative estimate of drug-likeness (QED) is 0.156. The van der Waals surface area contributed by atoms with E-state index in [0.29, 0.717) is 38.6 Å². The first-order chi connectivity index (χ1) is 23.2. The Bertz CT molecular complexity index is 2230. The highest BCUT2D eigenvalue weighted by Gasteiger charge is 2.33. The molecule has 1 unspecified atom stereocenters. The van der Waals surface area contributed by atoms with Crippen LogP contribution in [0, 0.1) is 6.92 Å². The van der Waals surface area contributed by atoms with Gasteiger partial charge in [0, 0.05) is 24.2 Å². The number of benzene rings is 3. The zero-order valence-electron chi connectivity index (χ0n) is 27.2. The second kappa shape index (κ2) is 13.7. The SMILES string of the molecule is CCCOc1ccc(-c2nn(-c3ccccc3)cc2/C=c2\sc3n(c2=O)C(c2ccc(OC(C)=O)cc2)C(C(=O)OC)=C(C)N=3)cc1C. The lowest BCUT2D eigenvalue weighted by Crippen LogP contribution is -2.39. The molecule has 1 aliphatic rings. The fraction of sp³-hybridized carbons (Fsp3) is 0.216. The fourth-order valence-corrected chi connectivity index (χ4v) is 6.67. The van der Waals surface area contributed by atoms with Crippen molar-refractivity contribution in [2.45, 2.75) is 40.2 Å². The first kappa shape index (κ1) is 32.4. The molecular formula is C37H34N4O6S. The number of hydrogen-bond acceptors (Lipinski definition) is 9. The Morgan fingerprint density at radius 2 is 1.77 bits per heavy atom. The Morgan fingerprint density at radius 1 is 1.02 bits per heavy atom. The molecule has 0 bridgehead atoms. The molecule has 244 valence electrons. The molecule has 0 N–H and O–H groups in total. The zero-order valence-corrected chi connectivity index (χ0v) is 28.0. The number of fused-ring (bicyclic) bond motifs is 1. The van der Waals surface area contributed by atoms with E-state index in [-0.39, 0.29) is 11.1 Å². The van der Waals surface area contributed by atoms with Gasteiger partial charge in [0.2, 0.25) is 0 Å². The highest BCUT2D eigenvalue weighted by molar-refractivity contribution is 7.07. The minimum atomic E-state index is -0.813. The molecule has 11 heteroatoms. The van der Waals surface area contributed by atoms with Crippen LogP contribution in [0.2, 0.25) is 0 Å². The van der Waals surface area contributed by atoms with Gasteiger partial charge in [0.15, 0.2) is 4.80 Å². The van der Waals surface area contributed by atoms with Gasteiger partial charge in [0.1, 0.15) is 17.2 Å². The maximum Gasteiger partial charge on any atom is 0.338 e. The van der Waals surface area contributed by atoms with Crippen LogP contribution in [-0.4, -0.2) is 40.0 Å². The first-order valence-corrected chi connectivity index (χ1v) is 16.3. The number of ether oxygens (including phenoxy) is 3. The van der Waals surface area contributed by atoms with Gasteiger partial charge in [-0.3, -0.25) is 14.2 Å². The van der Waals surface area contributed by atoms with Crippen LogP contribution in [0.15, 0.2) is 100 Å². The normalized spacial score (nSPS) is 14.4. The summed E-state index contributed by atoms with van der Waals surface area (Å²) in [6, 6.07) is 21.6. The van der Waals surface area contributed by atoms with Crippen molar-refractivity contribution >= 4 is 29.4 Å². The smallest absolute Gasteiger partial charge is 0.338 e. The summed E-state index contributed by atoms with van der Waals surface area (Å²) < 4.78 is 20.0. The second-order valence-electron chi connectivity index (χ2n) is 11.3. The Morgan fingerprint density at radius 3 is 2.44 bits per heavy atom. The van der Waals surface area contributed by atoms with Crippen LogP contribution in [0.4, 0.5) is 0 Å². The van der Waals surface area contributed by atoms with Crippen LogP contribution in [0.25, 0.3) is 23.0 Å². The van der Waals surface area contributed by atoms with Crippen molar-refractivity contribution in [3.05, 3.63) is 127 Å². The zero-order chi connectivity index (χ0) is 33.9. The maximum absolute atomic E-state index is 14.3. The first-order valence-electron chi connectivity index (χ1n) is 15.5. The monoisotopic (exact) mass is 662 g/mol. The molecular weight excluding hydrogens is 628 g/mol. The minimum Gasteiger partial charge on any atom is -0.493 e. The van der Waals surface area contributed by atoms with Crippen molar-refractivity contribution < 1.29 is 23.8 Å². The molecule has 3 heterocycles. The average Bonchev–Trinajstić information content (AvgIpc) is 3.64. The van der Waals surface area contributed by atoms with Gasteiger partial charge in [-0.15, -0.1) is 0 Å². The molecule has 0 saturated heterocycles. The number of hydrogen-bond donors (Lipinski definition) is 0. The predicted molar refractivity (Wildman–Crippen MR) is 183 cm³/mol. The number of allylic oxidation sites excluding steroid dienone is 1. The average molecular weight is 663 g/mol. The Labute approximate surface area is 280 Å². The van der Waals surface area contributed by atoms with Crippen molar-refractivity contribution in [1.82, 2.24) is 14.3 Å². The minimum absolute atomic E-state index is 0.245. The number of carbonyl (C=O) groups is 2. The summed E-state index contributed by atoms with van der Waals surface area (Å²) in [6.45, 7) is 7.74. The van der Waals surface area contributed by atoms with E-state index in [2.05, 4.69) is 11.9 Å². The van der Waals surface area contributed by atoms with Crippen LogP contribution >= 0.6 is 11.3 Å². The summed E-state index contributed by atoms with van der Waals surface area (Å²) in [4.78, 5) is 44.0. The Hall–Kier alpha value is -5.55. The second-order valence-corrected chi connectivity index (χ2v) is 12.3. The van der Waals surface area contributed by atoms with Crippen LogP contribution in [0.1, 0.15) is 49.9 Å². The molecule has 48 heavy (non-hydrogen) atoms. The summed E-state index contributed by atoms with van der Waals surface area (Å²) in [7, 11) is 1.30. The maximum atomic E-state index is 14.3. The molecule has 0 radical (unpaired) electrons. The molecule has 0 aliphatic carbocycles. The van der Waals surface area contributed by atoms with Gasteiger partial charge in [-0.25, -0.2) is 14.5 Å². The van der Waals surface area contributed by atoms with Crippen molar-refractivity contribution in [3.63, 3.8) is 0 Å². The highest BCUT2D eigenvalue weighted by atomic mass is 32.1.